The van der Waals surface area contributed by atoms with Crippen LogP contribution < -0.4 is 5.73 Å². The molecule has 1 aliphatic heterocycles. The molecule has 2 atom stereocenters. The molecule has 1 aromatic carbocycles. The molecular weight excluding hydrogens is 260 g/mol. The van der Waals surface area contributed by atoms with Gasteiger partial charge in [0.2, 0.25) is 5.91 Å². The Labute approximate surface area is 121 Å². The first kappa shape index (κ1) is 16.0. The number of halogens is 1. The number of carbonyl (C=O) groups is 1. The van der Waals surface area contributed by atoms with E-state index in [0.29, 0.717) is 6.54 Å². The Morgan fingerprint density at radius 2 is 2.11 bits per heavy atom. The fraction of sp³-hybridized carbons (Fsp3) is 0.533. The first-order valence-electron chi connectivity index (χ1n) is 6.81. The summed E-state index contributed by atoms with van der Waals surface area (Å²) in [7, 11) is 0. The van der Waals surface area contributed by atoms with Crippen LogP contribution in [0.2, 0.25) is 0 Å². The van der Waals surface area contributed by atoms with Crippen LogP contribution in [0.25, 0.3) is 0 Å². The number of likely N-dealkylation sites (tertiary alicyclic amines) is 1. The minimum atomic E-state index is -0.0171. The molecule has 1 fully saturated rings. The third-order valence-corrected chi connectivity index (χ3v) is 3.68. The highest BCUT2D eigenvalue weighted by Gasteiger charge is 2.27. The van der Waals surface area contributed by atoms with Gasteiger partial charge in [0.15, 0.2) is 0 Å². The minimum absolute atomic E-state index is 0. The van der Waals surface area contributed by atoms with Gasteiger partial charge in [-0.2, -0.15) is 0 Å². The maximum absolute atomic E-state index is 12.5. The second-order valence-corrected chi connectivity index (χ2v) is 5.06. The molecule has 2 rings (SSSR count). The number of nitrogens with two attached hydrogens (primary N) is 1. The number of nitrogens with zero attached hydrogens (tertiary/aromatic N) is 1. The lowest BCUT2D eigenvalue weighted by Gasteiger charge is -2.33. The molecular formula is C15H23ClN2O. The van der Waals surface area contributed by atoms with Gasteiger partial charge >= 0.3 is 0 Å². The molecule has 19 heavy (non-hydrogen) atoms. The lowest BCUT2D eigenvalue weighted by Crippen LogP contribution is -2.47. The Hall–Kier alpha value is -1.06. The van der Waals surface area contributed by atoms with E-state index < -0.39 is 0 Å². The van der Waals surface area contributed by atoms with Gasteiger partial charge in [-0.1, -0.05) is 37.3 Å². The highest BCUT2D eigenvalue weighted by molar-refractivity contribution is 5.85. The number of amides is 1. The molecule has 1 heterocycles. The van der Waals surface area contributed by atoms with Crippen LogP contribution >= 0.6 is 12.4 Å². The molecule has 0 spiro atoms. The second kappa shape index (κ2) is 7.51. The lowest BCUT2D eigenvalue weighted by molar-refractivity contribution is -0.134. The molecule has 4 heteroatoms. The number of benzene rings is 1. The van der Waals surface area contributed by atoms with E-state index in [2.05, 4.69) is 6.92 Å². The first-order valence-corrected chi connectivity index (χ1v) is 6.81. The Balaban J connectivity index is 0.00000180. The molecule has 0 bridgehead atoms. The van der Waals surface area contributed by atoms with Gasteiger partial charge in [0, 0.05) is 19.1 Å². The van der Waals surface area contributed by atoms with E-state index in [1.807, 2.05) is 35.2 Å². The summed E-state index contributed by atoms with van der Waals surface area (Å²) in [6.45, 7) is 3.64. The van der Waals surface area contributed by atoms with Gasteiger partial charge in [0.25, 0.3) is 0 Å². The monoisotopic (exact) mass is 282 g/mol. The number of hydrogen-bond donors (Lipinski definition) is 1. The number of piperidine rings is 1. The summed E-state index contributed by atoms with van der Waals surface area (Å²) >= 11 is 0. The zero-order chi connectivity index (χ0) is 13.0. The summed E-state index contributed by atoms with van der Waals surface area (Å²) in [5.41, 5.74) is 7.06. The van der Waals surface area contributed by atoms with Gasteiger partial charge in [-0.3, -0.25) is 4.79 Å². The van der Waals surface area contributed by atoms with Crippen molar-refractivity contribution >= 4 is 18.3 Å². The van der Waals surface area contributed by atoms with Crippen LogP contribution in [0, 0.1) is 0 Å². The smallest absolute Gasteiger partial charge is 0.230 e. The fourth-order valence-corrected chi connectivity index (χ4v) is 2.67. The summed E-state index contributed by atoms with van der Waals surface area (Å²) in [6, 6.07) is 10.2. The van der Waals surface area contributed by atoms with E-state index in [4.69, 9.17) is 5.73 Å². The molecule has 0 saturated carbocycles. The molecule has 0 aliphatic carbocycles. The van der Waals surface area contributed by atoms with E-state index in [1.165, 1.54) is 0 Å². The van der Waals surface area contributed by atoms with E-state index in [9.17, 15) is 4.79 Å². The highest BCUT2D eigenvalue weighted by atomic mass is 35.5. The van der Waals surface area contributed by atoms with E-state index in [0.717, 1.165) is 31.4 Å². The molecule has 0 radical (unpaired) electrons. The number of rotatable bonds is 3. The van der Waals surface area contributed by atoms with Gasteiger partial charge in [0.05, 0.1) is 5.92 Å². The Bertz CT molecular complexity index is 396. The van der Waals surface area contributed by atoms with Crippen LogP contribution in [-0.4, -0.2) is 29.9 Å². The van der Waals surface area contributed by atoms with Crippen molar-refractivity contribution in [1.29, 1.82) is 0 Å². The number of carbonyl (C=O) groups excluding carboxylic acids is 1. The largest absolute Gasteiger partial charge is 0.341 e. The van der Waals surface area contributed by atoms with Crippen LogP contribution in [0.5, 0.6) is 0 Å². The molecule has 1 aromatic rings. The van der Waals surface area contributed by atoms with E-state index in [1.54, 1.807) is 0 Å². The van der Waals surface area contributed by atoms with Crippen LogP contribution in [0.15, 0.2) is 30.3 Å². The SMILES string of the molecule is CCC(C(=O)N1CCCC(N)C1)c1ccccc1.Cl. The van der Waals surface area contributed by atoms with Crippen LogP contribution in [0.1, 0.15) is 37.7 Å². The normalized spacial score (nSPS) is 20.5. The van der Waals surface area contributed by atoms with Gasteiger partial charge in [-0.05, 0) is 24.8 Å². The highest BCUT2D eigenvalue weighted by Crippen LogP contribution is 2.23. The average molecular weight is 283 g/mol. The lowest BCUT2D eigenvalue weighted by atomic mass is 9.94. The fourth-order valence-electron chi connectivity index (χ4n) is 2.67. The van der Waals surface area contributed by atoms with Crippen molar-refractivity contribution in [3.63, 3.8) is 0 Å². The Kier molecular flexibility index (Phi) is 6.32. The first-order chi connectivity index (χ1) is 8.72. The van der Waals surface area contributed by atoms with Gasteiger partial charge in [-0.15, -0.1) is 12.4 Å². The van der Waals surface area contributed by atoms with E-state index >= 15 is 0 Å². The van der Waals surface area contributed by atoms with Gasteiger partial charge in [0.1, 0.15) is 0 Å². The summed E-state index contributed by atoms with van der Waals surface area (Å²) < 4.78 is 0. The standard InChI is InChI=1S/C15H22N2O.ClH/c1-2-14(12-7-4-3-5-8-12)15(18)17-10-6-9-13(16)11-17;/h3-5,7-8,13-14H,2,6,9-11,16H2,1H3;1H. The van der Waals surface area contributed by atoms with Crippen molar-refractivity contribution in [2.24, 2.45) is 5.73 Å². The maximum Gasteiger partial charge on any atom is 0.230 e. The molecule has 0 aromatic heterocycles. The molecule has 106 valence electrons. The van der Waals surface area contributed by atoms with Crippen molar-refractivity contribution < 1.29 is 4.79 Å². The van der Waals surface area contributed by atoms with Crippen molar-refractivity contribution in [2.75, 3.05) is 13.1 Å². The zero-order valence-electron chi connectivity index (χ0n) is 11.4. The average Bonchev–Trinajstić information content (AvgIpc) is 2.41. The van der Waals surface area contributed by atoms with Gasteiger partial charge < -0.3 is 10.6 Å². The maximum atomic E-state index is 12.5. The topological polar surface area (TPSA) is 46.3 Å². The number of hydrogen-bond acceptors (Lipinski definition) is 2. The van der Waals surface area contributed by atoms with Crippen molar-refractivity contribution in [3.8, 4) is 0 Å². The summed E-state index contributed by atoms with van der Waals surface area (Å²) in [4.78, 5) is 14.5. The van der Waals surface area contributed by atoms with Crippen molar-refractivity contribution in [3.05, 3.63) is 35.9 Å². The molecule has 3 nitrogen and oxygen atoms in total. The molecule has 1 amide bonds. The predicted molar refractivity (Wildman–Crippen MR) is 80.5 cm³/mol. The van der Waals surface area contributed by atoms with Crippen LogP contribution in [0.4, 0.5) is 0 Å². The van der Waals surface area contributed by atoms with E-state index in [-0.39, 0.29) is 30.3 Å². The molecule has 2 unspecified atom stereocenters. The van der Waals surface area contributed by atoms with Crippen molar-refractivity contribution in [2.45, 2.75) is 38.1 Å². The third-order valence-electron chi connectivity index (χ3n) is 3.68. The van der Waals surface area contributed by atoms with Crippen LogP contribution in [-0.2, 0) is 4.79 Å². The predicted octanol–water partition coefficient (Wildman–Crippen LogP) is 2.55. The minimum Gasteiger partial charge on any atom is -0.341 e. The third kappa shape index (κ3) is 3.95. The Morgan fingerprint density at radius 1 is 1.42 bits per heavy atom. The summed E-state index contributed by atoms with van der Waals surface area (Å²) in [6.07, 6.45) is 2.90. The second-order valence-electron chi connectivity index (χ2n) is 5.06. The summed E-state index contributed by atoms with van der Waals surface area (Å²) in [5, 5.41) is 0. The molecule has 2 N–H and O–H groups in total. The molecule has 1 saturated heterocycles. The molecule has 1 aliphatic rings. The van der Waals surface area contributed by atoms with Crippen molar-refractivity contribution in [1.82, 2.24) is 4.90 Å². The summed E-state index contributed by atoms with van der Waals surface area (Å²) in [5.74, 6) is 0.218. The van der Waals surface area contributed by atoms with Gasteiger partial charge in [-0.25, -0.2) is 0 Å². The Morgan fingerprint density at radius 3 is 2.68 bits per heavy atom. The quantitative estimate of drug-likeness (QED) is 0.926. The zero-order valence-corrected chi connectivity index (χ0v) is 12.2. The van der Waals surface area contributed by atoms with Crippen LogP contribution in [0.3, 0.4) is 0 Å².